The fourth-order valence-electron chi connectivity index (χ4n) is 4.64. The van der Waals surface area contributed by atoms with E-state index in [9.17, 15) is 19.1 Å². The van der Waals surface area contributed by atoms with Crippen molar-refractivity contribution in [2.75, 3.05) is 39.4 Å². The molecule has 2 aromatic rings. The molecule has 176 valence electrons. The van der Waals surface area contributed by atoms with Gasteiger partial charge in [0.05, 0.1) is 36.1 Å². The number of Topliss-reactive ketones (excluding diaryl/α,β-unsaturated/α-hetero) is 1. The third kappa shape index (κ3) is 4.43. The van der Waals surface area contributed by atoms with Gasteiger partial charge in [-0.3, -0.25) is 19.2 Å². The van der Waals surface area contributed by atoms with Crippen LogP contribution >= 0.6 is 0 Å². The number of aryl methyl sites for hydroxylation is 2. The van der Waals surface area contributed by atoms with Gasteiger partial charge >= 0.3 is 0 Å². The lowest BCUT2D eigenvalue weighted by molar-refractivity contribution is -0.140. The van der Waals surface area contributed by atoms with Crippen molar-refractivity contribution < 1.29 is 23.8 Å². The number of benzene rings is 1. The minimum atomic E-state index is -0.797. The molecule has 0 unspecified atom stereocenters. The van der Waals surface area contributed by atoms with Crippen LogP contribution in [-0.2, 0) is 21.4 Å². The lowest BCUT2D eigenvalue weighted by Crippen LogP contribution is -2.38. The quantitative estimate of drug-likeness (QED) is 0.408. The number of carbonyl (C=O) groups is 2. The van der Waals surface area contributed by atoms with E-state index in [2.05, 4.69) is 10.00 Å². The van der Waals surface area contributed by atoms with Crippen molar-refractivity contribution in [1.29, 1.82) is 0 Å². The molecule has 9 heteroatoms. The number of morpholine rings is 1. The number of amides is 1. The van der Waals surface area contributed by atoms with E-state index in [4.69, 9.17) is 4.74 Å². The van der Waals surface area contributed by atoms with Gasteiger partial charge in [0, 0.05) is 38.9 Å². The number of aliphatic hydroxyl groups excluding tert-OH is 1. The molecule has 33 heavy (non-hydrogen) atoms. The Morgan fingerprint density at radius 2 is 1.82 bits per heavy atom. The molecule has 0 radical (unpaired) electrons. The summed E-state index contributed by atoms with van der Waals surface area (Å²) in [5.74, 6) is -2.06. The summed E-state index contributed by atoms with van der Waals surface area (Å²) in [6.07, 6.45) is 0.662. The van der Waals surface area contributed by atoms with Gasteiger partial charge in [0.1, 0.15) is 11.6 Å². The molecule has 0 spiro atoms. The van der Waals surface area contributed by atoms with Crippen LogP contribution in [0.15, 0.2) is 29.8 Å². The Kier molecular flexibility index (Phi) is 6.62. The minimum Gasteiger partial charge on any atom is -0.507 e. The highest BCUT2D eigenvalue weighted by atomic mass is 19.1. The molecule has 0 bridgehead atoms. The van der Waals surface area contributed by atoms with Gasteiger partial charge in [-0.25, -0.2) is 4.39 Å². The lowest BCUT2D eigenvalue weighted by atomic mass is 9.94. The number of likely N-dealkylation sites (tertiary alicyclic amines) is 1. The van der Waals surface area contributed by atoms with E-state index in [1.54, 1.807) is 37.7 Å². The van der Waals surface area contributed by atoms with Gasteiger partial charge in [0.15, 0.2) is 0 Å². The number of aliphatic hydroxyl groups is 1. The van der Waals surface area contributed by atoms with Crippen LogP contribution in [0.25, 0.3) is 5.76 Å². The first-order valence-corrected chi connectivity index (χ1v) is 11.1. The predicted molar refractivity (Wildman–Crippen MR) is 120 cm³/mol. The lowest BCUT2D eigenvalue weighted by Gasteiger charge is -2.29. The zero-order chi connectivity index (χ0) is 23.7. The number of rotatable bonds is 6. The number of nitrogens with zero attached hydrogens (tertiary/aromatic N) is 4. The Morgan fingerprint density at radius 1 is 1.15 bits per heavy atom. The van der Waals surface area contributed by atoms with Crippen LogP contribution in [0.2, 0.25) is 0 Å². The summed E-state index contributed by atoms with van der Waals surface area (Å²) in [5, 5.41) is 15.6. The maximum Gasteiger partial charge on any atom is 0.295 e. The number of ketones is 1. The van der Waals surface area contributed by atoms with E-state index in [0.29, 0.717) is 48.7 Å². The van der Waals surface area contributed by atoms with Crippen molar-refractivity contribution in [1.82, 2.24) is 19.6 Å². The summed E-state index contributed by atoms with van der Waals surface area (Å²) in [7, 11) is 1.75. The second kappa shape index (κ2) is 9.44. The Bertz CT molecular complexity index is 1090. The summed E-state index contributed by atoms with van der Waals surface area (Å²) in [6.45, 7) is 7.68. The second-order valence-corrected chi connectivity index (χ2v) is 8.52. The van der Waals surface area contributed by atoms with E-state index in [-0.39, 0.29) is 11.3 Å². The number of halogens is 1. The fourth-order valence-corrected chi connectivity index (χ4v) is 4.64. The molecule has 2 saturated heterocycles. The van der Waals surface area contributed by atoms with Crippen LogP contribution < -0.4 is 0 Å². The van der Waals surface area contributed by atoms with E-state index < -0.39 is 23.5 Å². The van der Waals surface area contributed by atoms with Crippen LogP contribution in [-0.4, -0.2) is 75.8 Å². The van der Waals surface area contributed by atoms with Crippen LogP contribution in [0.5, 0.6) is 0 Å². The largest absolute Gasteiger partial charge is 0.507 e. The highest BCUT2D eigenvalue weighted by molar-refractivity contribution is 6.46. The molecule has 4 rings (SSSR count). The number of aromatic nitrogens is 2. The standard InChI is InChI=1S/C24H29FN4O4/c1-15-19(16(2)27(3)26-15)22(30)20-21(17-5-7-18(25)8-6-17)29(24(32)23(20)31)10-4-9-28-11-13-33-14-12-28/h5-8,21,30H,4,9-14H2,1-3H3/b22-20+/t21-/m1/s1. The normalized spacial score (nSPS) is 21.2. The summed E-state index contributed by atoms with van der Waals surface area (Å²) in [6, 6.07) is 4.90. The Labute approximate surface area is 192 Å². The van der Waals surface area contributed by atoms with Crippen molar-refractivity contribution >= 4 is 17.4 Å². The Morgan fingerprint density at radius 3 is 2.42 bits per heavy atom. The van der Waals surface area contributed by atoms with Gasteiger partial charge in [-0.15, -0.1) is 0 Å². The van der Waals surface area contributed by atoms with Gasteiger partial charge < -0.3 is 14.7 Å². The van der Waals surface area contributed by atoms with Crippen molar-refractivity contribution in [3.05, 3.63) is 58.2 Å². The van der Waals surface area contributed by atoms with Gasteiger partial charge in [-0.05, 0) is 38.0 Å². The third-order valence-corrected chi connectivity index (χ3v) is 6.45. The monoisotopic (exact) mass is 456 g/mol. The summed E-state index contributed by atoms with van der Waals surface area (Å²) in [5.41, 5.74) is 2.26. The predicted octanol–water partition coefficient (Wildman–Crippen LogP) is 2.32. The zero-order valence-corrected chi connectivity index (χ0v) is 19.2. The van der Waals surface area contributed by atoms with E-state index in [1.165, 1.54) is 17.0 Å². The molecule has 1 N–H and O–H groups in total. The molecule has 1 atom stereocenters. The molecular weight excluding hydrogens is 427 g/mol. The fraction of sp³-hybridized carbons (Fsp3) is 0.458. The zero-order valence-electron chi connectivity index (χ0n) is 19.2. The minimum absolute atomic E-state index is 0.0113. The Hall–Kier alpha value is -3.04. The molecular formula is C24H29FN4O4. The molecule has 2 aliphatic rings. The highest BCUT2D eigenvalue weighted by Gasteiger charge is 2.46. The second-order valence-electron chi connectivity index (χ2n) is 8.52. The van der Waals surface area contributed by atoms with Gasteiger partial charge in [-0.1, -0.05) is 12.1 Å². The smallest absolute Gasteiger partial charge is 0.295 e. The average molecular weight is 457 g/mol. The summed E-state index contributed by atoms with van der Waals surface area (Å²) < 4.78 is 20.6. The summed E-state index contributed by atoms with van der Waals surface area (Å²) in [4.78, 5) is 29.9. The van der Waals surface area contributed by atoms with Crippen molar-refractivity contribution in [2.24, 2.45) is 7.05 Å². The van der Waals surface area contributed by atoms with Crippen molar-refractivity contribution in [3.63, 3.8) is 0 Å². The first kappa shape index (κ1) is 23.1. The molecule has 1 aromatic heterocycles. The molecule has 0 saturated carbocycles. The number of hydrogen-bond donors (Lipinski definition) is 1. The van der Waals surface area contributed by atoms with E-state index in [0.717, 1.165) is 19.6 Å². The molecule has 2 aliphatic heterocycles. The SMILES string of the molecule is Cc1nn(C)c(C)c1/C(O)=C1\C(=O)C(=O)N(CCCN2CCOCC2)[C@@H]1c1ccc(F)cc1. The molecule has 0 aliphatic carbocycles. The number of ether oxygens (including phenoxy) is 1. The maximum atomic E-state index is 13.6. The first-order valence-electron chi connectivity index (χ1n) is 11.1. The van der Waals surface area contributed by atoms with E-state index in [1.807, 2.05) is 0 Å². The Balaban J connectivity index is 1.71. The topological polar surface area (TPSA) is 87.9 Å². The summed E-state index contributed by atoms with van der Waals surface area (Å²) >= 11 is 0. The molecule has 3 heterocycles. The molecule has 2 fully saturated rings. The molecule has 1 amide bonds. The third-order valence-electron chi connectivity index (χ3n) is 6.45. The number of carbonyl (C=O) groups excluding carboxylic acids is 2. The van der Waals surface area contributed by atoms with Crippen LogP contribution in [0.1, 0.15) is 35.0 Å². The average Bonchev–Trinajstić information content (AvgIpc) is 3.20. The van der Waals surface area contributed by atoms with Gasteiger partial charge in [0.2, 0.25) is 0 Å². The van der Waals surface area contributed by atoms with Crippen molar-refractivity contribution in [3.8, 4) is 0 Å². The first-order chi connectivity index (χ1) is 15.8. The van der Waals surface area contributed by atoms with Gasteiger partial charge in [-0.2, -0.15) is 5.10 Å². The van der Waals surface area contributed by atoms with Crippen molar-refractivity contribution in [2.45, 2.75) is 26.3 Å². The van der Waals surface area contributed by atoms with Crippen LogP contribution in [0.3, 0.4) is 0 Å². The van der Waals surface area contributed by atoms with Crippen LogP contribution in [0, 0.1) is 19.7 Å². The van der Waals surface area contributed by atoms with E-state index >= 15 is 0 Å². The molecule has 8 nitrogen and oxygen atoms in total. The number of hydrogen-bond acceptors (Lipinski definition) is 6. The van der Waals surface area contributed by atoms with Crippen LogP contribution in [0.4, 0.5) is 4.39 Å². The van der Waals surface area contributed by atoms with Gasteiger partial charge in [0.25, 0.3) is 11.7 Å². The maximum absolute atomic E-state index is 13.6. The highest BCUT2D eigenvalue weighted by Crippen LogP contribution is 2.40. The molecule has 1 aromatic carbocycles.